The van der Waals surface area contributed by atoms with E-state index in [0.717, 1.165) is 13.1 Å². The van der Waals surface area contributed by atoms with Gasteiger partial charge in [-0.25, -0.2) is 0 Å². The molecule has 0 aromatic carbocycles. The average molecular weight is 97.1 g/mol. The van der Waals surface area contributed by atoms with E-state index in [9.17, 15) is 0 Å². The topological polar surface area (TPSA) is 27.1 Å². The van der Waals surface area contributed by atoms with Crippen molar-refractivity contribution >= 4 is 5.84 Å². The van der Waals surface area contributed by atoms with E-state index in [1.807, 2.05) is 11.8 Å². The van der Waals surface area contributed by atoms with Crippen LogP contribution in [0.4, 0.5) is 0 Å². The van der Waals surface area contributed by atoms with Gasteiger partial charge in [0.25, 0.3) is 0 Å². The van der Waals surface area contributed by atoms with Gasteiger partial charge in [0.15, 0.2) is 0 Å². The van der Waals surface area contributed by atoms with Gasteiger partial charge in [-0.1, -0.05) is 0 Å². The van der Waals surface area contributed by atoms with Gasteiger partial charge in [-0.15, -0.1) is 0 Å². The van der Waals surface area contributed by atoms with Gasteiger partial charge in [-0.3, -0.25) is 5.41 Å². The van der Waals surface area contributed by atoms with Crippen molar-refractivity contribution in [3.8, 4) is 0 Å². The summed E-state index contributed by atoms with van der Waals surface area (Å²) < 4.78 is 0. The van der Waals surface area contributed by atoms with Crippen LogP contribution in [0, 0.1) is 11.8 Å². The maximum atomic E-state index is 7.06. The van der Waals surface area contributed by atoms with Crippen LogP contribution in [0.1, 0.15) is 6.92 Å². The molecule has 0 bridgehead atoms. The summed E-state index contributed by atoms with van der Waals surface area (Å²) in [7, 11) is 0. The van der Waals surface area contributed by atoms with Crippen molar-refractivity contribution in [3.05, 3.63) is 6.42 Å². The minimum absolute atomic E-state index is 0.683. The van der Waals surface area contributed by atoms with Crippen LogP contribution in [0.15, 0.2) is 0 Å². The Morgan fingerprint density at radius 1 is 1.71 bits per heavy atom. The molecule has 1 rings (SSSR count). The van der Waals surface area contributed by atoms with E-state index in [2.05, 4.69) is 6.42 Å². The largest absolute Gasteiger partial charge is 0.360 e. The van der Waals surface area contributed by atoms with Crippen molar-refractivity contribution in [1.29, 1.82) is 5.41 Å². The molecule has 1 saturated heterocycles. The van der Waals surface area contributed by atoms with E-state index in [4.69, 9.17) is 5.41 Å². The van der Waals surface area contributed by atoms with Crippen molar-refractivity contribution in [2.75, 3.05) is 13.1 Å². The third-order valence-corrected chi connectivity index (χ3v) is 1.17. The molecular formula is C5H9N2. The molecule has 0 aromatic heterocycles. The Hall–Kier alpha value is -0.530. The molecule has 39 valence electrons. The highest BCUT2D eigenvalue weighted by Crippen LogP contribution is 2.02. The second kappa shape index (κ2) is 1.52. The summed E-state index contributed by atoms with van der Waals surface area (Å²) >= 11 is 0. The lowest BCUT2D eigenvalue weighted by Crippen LogP contribution is -2.40. The second-order valence-electron chi connectivity index (χ2n) is 1.78. The minimum atomic E-state index is 0.683. The lowest BCUT2D eigenvalue weighted by molar-refractivity contribution is 0.382. The first-order chi connectivity index (χ1) is 3.30. The molecule has 0 aliphatic carbocycles. The first kappa shape index (κ1) is 4.62. The van der Waals surface area contributed by atoms with E-state index in [1.54, 1.807) is 0 Å². The molecule has 1 aliphatic heterocycles. The number of nitrogens with zero attached hydrogens (tertiary/aromatic N) is 1. The Labute approximate surface area is 43.6 Å². The van der Waals surface area contributed by atoms with Gasteiger partial charge in [0.2, 0.25) is 0 Å². The Bertz CT molecular complexity index is 84.1. The summed E-state index contributed by atoms with van der Waals surface area (Å²) in [6, 6.07) is 0. The van der Waals surface area contributed by atoms with Crippen LogP contribution >= 0.6 is 0 Å². The van der Waals surface area contributed by atoms with Crippen molar-refractivity contribution < 1.29 is 0 Å². The van der Waals surface area contributed by atoms with E-state index >= 15 is 0 Å². The first-order valence-electron chi connectivity index (χ1n) is 2.42. The number of rotatable bonds is 0. The fourth-order valence-electron chi connectivity index (χ4n) is 0.532. The Morgan fingerprint density at radius 2 is 2.29 bits per heavy atom. The molecule has 0 atom stereocenters. The van der Waals surface area contributed by atoms with Crippen molar-refractivity contribution in [3.63, 3.8) is 0 Å². The highest BCUT2D eigenvalue weighted by molar-refractivity contribution is 5.77. The van der Waals surface area contributed by atoms with E-state index in [-0.39, 0.29) is 0 Å². The van der Waals surface area contributed by atoms with E-state index in [1.165, 1.54) is 0 Å². The van der Waals surface area contributed by atoms with Gasteiger partial charge >= 0.3 is 0 Å². The molecule has 1 N–H and O–H groups in total. The van der Waals surface area contributed by atoms with Crippen LogP contribution in [0.5, 0.6) is 0 Å². The Balaban J connectivity index is 2.27. The number of likely N-dealkylation sites (tertiary alicyclic amines) is 1. The molecule has 0 aromatic rings. The lowest BCUT2D eigenvalue weighted by atomic mass is 10.2. The third-order valence-electron chi connectivity index (χ3n) is 1.17. The minimum Gasteiger partial charge on any atom is -0.360 e. The van der Waals surface area contributed by atoms with Gasteiger partial charge in [0, 0.05) is 19.5 Å². The number of amidine groups is 1. The molecule has 7 heavy (non-hydrogen) atoms. The molecule has 1 radical (unpaired) electrons. The predicted octanol–water partition coefficient (Wildman–Crippen LogP) is 0.503. The Morgan fingerprint density at radius 3 is 2.29 bits per heavy atom. The van der Waals surface area contributed by atoms with Crippen molar-refractivity contribution in [2.24, 2.45) is 0 Å². The summed E-state index contributed by atoms with van der Waals surface area (Å²) in [6.07, 6.45) is 2.15. The van der Waals surface area contributed by atoms with Crippen LogP contribution in [0.3, 0.4) is 0 Å². The highest BCUT2D eigenvalue weighted by Gasteiger charge is 2.12. The van der Waals surface area contributed by atoms with E-state index < -0.39 is 0 Å². The SMILES string of the molecule is CC(=N)N1C[CH]C1. The number of nitrogens with one attached hydrogen (secondary N) is 1. The highest BCUT2D eigenvalue weighted by atomic mass is 15.2. The molecule has 1 fully saturated rings. The van der Waals surface area contributed by atoms with Gasteiger partial charge in [0.1, 0.15) is 0 Å². The zero-order valence-corrected chi connectivity index (χ0v) is 4.44. The van der Waals surface area contributed by atoms with Crippen LogP contribution in [-0.2, 0) is 0 Å². The average Bonchev–Trinajstić information content (AvgIpc) is 1.23. The van der Waals surface area contributed by atoms with Crippen LogP contribution in [0.2, 0.25) is 0 Å². The fourth-order valence-corrected chi connectivity index (χ4v) is 0.532. The van der Waals surface area contributed by atoms with Crippen molar-refractivity contribution in [2.45, 2.75) is 6.92 Å². The Kier molecular flexibility index (Phi) is 1.01. The second-order valence-corrected chi connectivity index (χ2v) is 1.78. The van der Waals surface area contributed by atoms with Crippen LogP contribution in [-0.4, -0.2) is 23.8 Å². The lowest BCUT2D eigenvalue weighted by Gasteiger charge is -2.31. The molecule has 0 saturated carbocycles. The maximum Gasteiger partial charge on any atom is 0.0926 e. The summed E-state index contributed by atoms with van der Waals surface area (Å²) in [5.74, 6) is 0.683. The molecule has 1 aliphatic rings. The fraction of sp³-hybridized carbons (Fsp3) is 0.600. The van der Waals surface area contributed by atoms with E-state index in [0.29, 0.717) is 5.84 Å². The standard InChI is InChI=1S/C5H9N2/c1-5(6)7-3-2-4-7/h2,6H,3-4H2,1H3. The molecule has 2 heteroatoms. The monoisotopic (exact) mass is 97.1 g/mol. The quantitative estimate of drug-likeness (QED) is 0.346. The summed E-state index contributed by atoms with van der Waals surface area (Å²) in [5, 5.41) is 7.06. The zero-order chi connectivity index (χ0) is 5.28. The molecular weight excluding hydrogens is 88.1 g/mol. The van der Waals surface area contributed by atoms with Crippen LogP contribution in [0.25, 0.3) is 0 Å². The zero-order valence-electron chi connectivity index (χ0n) is 4.44. The maximum absolute atomic E-state index is 7.06. The normalized spacial score (nSPS) is 18.7. The first-order valence-corrected chi connectivity index (χ1v) is 2.42. The summed E-state index contributed by atoms with van der Waals surface area (Å²) in [6.45, 7) is 3.78. The molecule has 0 spiro atoms. The summed E-state index contributed by atoms with van der Waals surface area (Å²) in [4.78, 5) is 2.00. The molecule has 0 unspecified atom stereocenters. The molecule has 1 heterocycles. The molecule has 0 amide bonds. The smallest absolute Gasteiger partial charge is 0.0926 e. The van der Waals surface area contributed by atoms with Gasteiger partial charge in [-0.05, 0) is 6.92 Å². The van der Waals surface area contributed by atoms with Crippen molar-refractivity contribution in [1.82, 2.24) is 4.90 Å². The van der Waals surface area contributed by atoms with Crippen LogP contribution < -0.4 is 0 Å². The summed E-state index contributed by atoms with van der Waals surface area (Å²) in [5.41, 5.74) is 0. The third kappa shape index (κ3) is 0.734. The molecule has 2 nitrogen and oxygen atoms in total. The number of hydrogen-bond donors (Lipinski definition) is 1. The van der Waals surface area contributed by atoms with Gasteiger partial charge in [-0.2, -0.15) is 0 Å². The van der Waals surface area contributed by atoms with Gasteiger partial charge in [0.05, 0.1) is 5.84 Å². The van der Waals surface area contributed by atoms with Gasteiger partial charge < -0.3 is 4.90 Å². The predicted molar refractivity (Wildman–Crippen MR) is 29.3 cm³/mol. The number of hydrogen-bond acceptors (Lipinski definition) is 1.